The lowest BCUT2D eigenvalue weighted by Gasteiger charge is -2.18. The van der Waals surface area contributed by atoms with E-state index in [-0.39, 0.29) is 24.5 Å². The topological polar surface area (TPSA) is 61.8 Å². The third-order valence-electron chi connectivity index (χ3n) is 5.26. The molecular formula is C21H24N2O3. The van der Waals surface area contributed by atoms with Crippen molar-refractivity contribution in [1.82, 2.24) is 10.2 Å². The number of carbonyl (C=O) groups excluding carboxylic acids is 1. The van der Waals surface area contributed by atoms with Gasteiger partial charge in [-0.15, -0.1) is 0 Å². The molecule has 136 valence electrons. The van der Waals surface area contributed by atoms with E-state index in [2.05, 4.69) is 22.3 Å². The third kappa shape index (κ3) is 3.59. The molecule has 0 bridgehead atoms. The molecule has 2 heterocycles. The Bertz CT molecular complexity index is 778. The number of carbonyl (C=O) groups is 1. The van der Waals surface area contributed by atoms with Crippen LogP contribution in [-0.4, -0.2) is 48.3 Å². The molecule has 2 aromatic carbocycles. The summed E-state index contributed by atoms with van der Waals surface area (Å²) in [5.74, 6) is 0.974. The number of benzene rings is 2. The predicted octanol–water partition coefficient (Wildman–Crippen LogP) is 1.84. The van der Waals surface area contributed by atoms with Gasteiger partial charge in [0.15, 0.2) is 0 Å². The van der Waals surface area contributed by atoms with Gasteiger partial charge in [0.05, 0.1) is 6.61 Å². The Morgan fingerprint density at radius 2 is 2.04 bits per heavy atom. The Hall–Kier alpha value is -2.37. The Kier molecular flexibility index (Phi) is 4.91. The van der Waals surface area contributed by atoms with Gasteiger partial charge in [0.2, 0.25) is 0 Å². The van der Waals surface area contributed by atoms with Gasteiger partial charge in [0.25, 0.3) is 5.91 Å². The molecule has 26 heavy (non-hydrogen) atoms. The van der Waals surface area contributed by atoms with Gasteiger partial charge in [-0.2, -0.15) is 0 Å². The molecule has 0 aromatic heterocycles. The van der Waals surface area contributed by atoms with Crippen LogP contribution < -0.4 is 10.1 Å². The summed E-state index contributed by atoms with van der Waals surface area (Å²) in [5, 5.41) is 12.8. The number of nitrogens with zero attached hydrogens (tertiary/aromatic N) is 1. The number of aliphatic hydroxyl groups excluding tert-OH is 1. The lowest BCUT2D eigenvalue weighted by atomic mass is 10.0. The Labute approximate surface area is 153 Å². The molecule has 0 saturated carbocycles. The highest BCUT2D eigenvalue weighted by Crippen LogP contribution is 2.27. The van der Waals surface area contributed by atoms with E-state index in [1.54, 1.807) is 0 Å². The second-order valence-electron chi connectivity index (χ2n) is 7.12. The molecule has 0 aliphatic carbocycles. The molecule has 2 aliphatic heterocycles. The molecule has 1 amide bonds. The summed E-state index contributed by atoms with van der Waals surface area (Å²) >= 11 is 0. The minimum atomic E-state index is -0.0782. The molecule has 0 unspecified atom stereocenters. The zero-order valence-corrected chi connectivity index (χ0v) is 14.7. The molecule has 1 fully saturated rings. The van der Waals surface area contributed by atoms with E-state index >= 15 is 0 Å². The van der Waals surface area contributed by atoms with Crippen molar-refractivity contribution in [3.8, 4) is 5.75 Å². The second kappa shape index (κ2) is 7.48. The van der Waals surface area contributed by atoms with Crippen LogP contribution in [0.25, 0.3) is 0 Å². The molecule has 2 atom stereocenters. The first-order valence-corrected chi connectivity index (χ1v) is 9.16. The summed E-state index contributed by atoms with van der Waals surface area (Å²) in [4.78, 5) is 14.7. The summed E-state index contributed by atoms with van der Waals surface area (Å²) in [6.07, 6.45) is 0.970. The van der Waals surface area contributed by atoms with Gasteiger partial charge in [0.1, 0.15) is 5.75 Å². The quantitative estimate of drug-likeness (QED) is 0.862. The summed E-state index contributed by atoms with van der Waals surface area (Å²) in [7, 11) is 0. The standard InChI is InChI=1S/C21H24N2O3/c24-14-18-12-23(11-15-6-7-20-17(10-15)8-9-26-20)13-19(18)22-21(25)16-4-2-1-3-5-16/h1-7,10,18-19,24H,8-9,11-14H2,(H,22,25)/t18-,19+/m0/s1. The molecule has 2 aromatic rings. The van der Waals surface area contributed by atoms with E-state index in [1.165, 1.54) is 11.1 Å². The monoisotopic (exact) mass is 352 g/mol. The van der Waals surface area contributed by atoms with Crippen LogP contribution in [0.1, 0.15) is 21.5 Å². The van der Waals surface area contributed by atoms with E-state index in [0.717, 1.165) is 38.4 Å². The first kappa shape index (κ1) is 17.1. The average Bonchev–Trinajstić information content (AvgIpc) is 3.28. The van der Waals surface area contributed by atoms with Gasteiger partial charge in [-0.3, -0.25) is 9.69 Å². The van der Waals surface area contributed by atoms with E-state index in [0.29, 0.717) is 5.56 Å². The van der Waals surface area contributed by atoms with Gasteiger partial charge < -0.3 is 15.2 Å². The number of nitrogens with one attached hydrogen (secondary N) is 1. The number of fused-ring (bicyclic) bond motifs is 1. The zero-order valence-electron chi connectivity index (χ0n) is 14.7. The first-order valence-electron chi connectivity index (χ1n) is 9.16. The summed E-state index contributed by atoms with van der Waals surface area (Å²) < 4.78 is 5.57. The van der Waals surface area contributed by atoms with Crippen LogP contribution >= 0.6 is 0 Å². The maximum atomic E-state index is 12.4. The molecule has 2 aliphatic rings. The fourth-order valence-electron chi connectivity index (χ4n) is 3.88. The van der Waals surface area contributed by atoms with E-state index in [1.807, 2.05) is 36.4 Å². The van der Waals surface area contributed by atoms with Crippen LogP contribution in [0.5, 0.6) is 5.75 Å². The largest absolute Gasteiger partial charge is 0.493 e. The number of hydrogen-bond donors (Lipinski definition) is 2. The zero-order chi connectivity index (χ0) is 17.9. The number of rotatable bonds is 5. The average molecular weight is 352 g/mol. The third-order valence-corrected chi connectivity index (χ3v) is 5.26. The lowest BCUT2D eigenvalue weighted by molar-refractivity contribution is 0.0921. The fourth-order valence-corrected chi connectivity index (χ4v) is 3.88. The van der Waals surface area contributed by atoms with Gasteiger partial charge in [-0.1, -0.05) is 30.3 Å². The van der Waals surface area contributed by atoms with E-state index < -0.39 is 0 Å². The van der Waals surface area contributed by atoms with Crippen molar-refractivity contribution in [2.24, 2.45) is 5.92 Å². The maximum Gasteiger partial charge on any atom is 0.251 e. The van der Waals surface area contributed by atoms with Crippen LogP contribution in [-0.2, 0) is 13.0 Å². The number of hydrogen-bond acceptors (Lipinski definition) is 4. The van der Waals surface area contributed by atoms with Gasteiger partial charge in [-0.25, -0.2) is 0 Å². The van der Waals surface area contributed by atoms with Crippen molar-refractivity contribution in [1.29, 1.82) is 0 Å². The smallest absolute Gasteiger partial charge is 0.251 e. The first-order chi connectivity index (χ1) is 12.7. The van der Waals surface area contributed by atoms with Crippen molar-refractivity contribution in [2.45, 2.75) is 19.0 Å². The van der Waals surface area contributed by atoms with Crippen LogP contribution in [0.3, 0.4) is 0 Å². The molecule has 4 rings (SSSR count). The van der Waals surface area contributed by atoms with Gasteiger partial charge in [0, 0.05) is 50.2 Å². The van der Waals surface area contributed by atoms with Crippen LogP contribution in [0, 0.1) is 5.92 Å². The number of aliphatic hydroxyl groups is 1. The highest BCUT2D eigenvalue weighted by atomic mass is 16.5. The highest BCUT2D eigenvalue weighted by Gasteiger charge is 2.33. The van der Waals surface area contributed by atoms with Crippen molar-refractivity contribution in [3.05, 3.63) is 65.2 Å². The molecule has 5 heteroatoms. The SMILES string of the molecule is O=C(N[C@@H]1CN(Cc2ccc3c(c2)CCO3)C[C@H]1CO)c1ccccc1. The minimum absolute atomic E-state index is 0.0366. The van der Waals surface area contributed by atoms with E-state index in [4.69, 9.17) is 4.74 Å². The van der Waals surface area contributed by atoms with Crippen molar-refractivity contribution in [2.75, 3.05) is 26.3 Å². The van der Waals surface area contributed by atoms with Crippen molar-refractivity contribution < 1.29 is 14.6 Å². The fraction of sp³-hybridized carbons (Fsp3) is 0.381. The van der Waals surface area contributed by atoms with Crippen molar-refractivity contribution >= 4 is 5.91 Å². The second-order valence-corrected chi connectivity index (χ2v) is 7.12. The molecule has 2 N–H and O–H groups in total. The lowest BCUT2D eigenvalue weighted by Crippen LogP contribution is -2.41. The Morgan fingerprint density at radius 3 is 2.85 bits per heavy atom. The van der Waals surface area contributed by atoms with Gasteiger partial charge in [-0.05, 0) is 29.3 Å². The molecule has 0 spiro atoms. The molecule has 5 nitrogen and oxygen atoms in total. The Morgan fingerprint density at radius 1 is 1.19 bits per heavy atom. The number of likely N-dealkylation sites (tertiary alicyclic amines) is 1. The van der Waals surface area contributed by atoms with Crippen LogP contribution in [0.15, 0.2) is 48.5 Å². The molecular weight excluding hydrogens is 328 g/mol. The van der Waals surface area contributed by atoms with Gasteiger partial charge >= 0.3 is 0 Å². The summed E-state index contributed by atoms with van der Waals surface area (Å²) in [6, 6.07) is 15.6. The summed E-state index contributed by atoms with van der Waals surface area (Å²) in [5.41, 5.74) is 3.18. The highest BCUT2D eigenvalue weighted by molar-refractivity contribution is 5.94. The Balaban J connectivity index is 1.40. The normalized spacial score (nSPS) is 22.0. The molecule has 0 radical (unpaired) electrons. The minimum Gasteiger partial charge on any atom is -0.493 e. The van der Waals surface area contributed by atoms with Crippen LogP contribution in [0.2, 0.25) is 0 Å². The van der Waals surface area contributed by atoms with Crippen molar-refractivity contribution in [3.63, 3.8) is 0 Å². The van der Waals surface area contributed by atoms with E-state index in [9.17, 15) is 9.90 Å². The summed E-state index contributed by atoms with van der Waals surface area (Å²) in [6.45, 7) is 3.19. The predicted molar refractivity (Wildman–Crippen MR) is 99.2 cm³/mol. The maximum absolute atomic E-state index is 12.4. The number of amides is 1. The molecule has 1 saturated heterocycles. The number of ether oxygens (including phenoxy) is 1. The van der Waals surface area contributed by atoms with Crippen LogP contribution in [0.4, 0.5) is 0 Å².